The largest absolute Gasteiger partial charge is 0.405 e. The second kappa shape index (κ2) is 11.6. The fraction of sp³-hybridized carbons (Fsp3) is 0.200. The zero-order valence-corrected chi connectivity index (χ0v) is 21.4. The van der Waals surface area contributed by atoms with Crippen LogP contribution in [0.2, 0.25) is 0 Å². The number of hydrazine groups is 1. The lowest BCUT2D eigenvalue weighted by Crippen LogP contribution is -2.49. The van der Waals surface area contributed by atoms with Gasteiger partial charge >= 0.3 is 18.4 Å². The maximum Gasteiger partial charge on any atom is 0.405 e. The average Bonchev–Trinajstić information content (AvgIpc) is 2.68. The summed E-state index contributed by atoms with van der Waals surface area (Å²) in [6.45, 7) is -1.59. The van der Waals surface area contributed by atoms with Crippen LogP contribution >= 0.6 is 47.8 Å². The number of hydrogen-bond donors (Lipinski definition) is 3. The minimum Gasteiger partial charge on any atom is -0.328 e. The minimum atomic E-state index is -4.62. The third kappa shape index (κ3) is 8.95. The highest BCUT2D eigenvalue weighted by Crippen LogP contribution is 2.38. The molecule has 0 saturated heterocycles. The molecule has 0 aliphatic heterocycles. The molecule has 2 aromatic carbocycles. The molecule has 14 heteroatoms. The molecule has 0 bridgehead atoms. The summed E-state index contributed by atoms with van der Waals surface area (Å²) in [6.07, 6.45) is -6.97. The molecule has 184 valence electrons. The molecule has 1 unspecified atom stereocenters. The van der Waals surface area contributed by atoms with Crippen molar-refractivity contribution in [3.63, 3.8) is 0 Å². The maximum absolute atomic E-state index is 13.6. The predicted octanol–water partition coefficient (Wildman–Crippen LogP) is 6.84. The summed E-state index contributed by atoms with van der Waals surface area (Å²) in [5, 5.41) is 1.50. The molecule has 5 nitrogen and oxygen atoms in total. The van der Waals surface area contributed by atoms with Gasteiger partial charge in [-0.2, -0.15) is 26.3 Å². The number of benzene rings is 2. The molecule has 34 heavy (non-hydrogen) atoms. The van der Waals surface area contributed by atoms with Gasteiger partial charge in [0.1, 0.15) is 6.54 Å². The molecule has 0 aliphatic rings. The Morgan fingerprint density at radius 2 is 1.53 bits per heavy atom. The molecule has 0 aliphatic carbocycles. The zero-order valence-electron chi connectivity index (χ0n) is 16.6. The van der Waals surface area contributed by atoms with Crippen molar-refractivity contribution in [3.8, 4) is 0 Å². The lowest BCUT2D eigenvalue weighted by atomic mass is 9.97. The molecule has 2 aromatic rings. The van der Waals surface area contributed by atoms with E-state index in [1.807, 2.05) is 5.43 Å². The van der Waals surface area contributed by atoms with Crippen molar-refractivity contribution < 1.29 is 35.9 Å². The highest BCUT2D eigenvalue weighted by Gasteiger charge is 2.39. The number of hydrogen-bond acceptors (Lipinski definition) is 2. The van der Waals surface area contributed by atoms with E-state index in [4.69, 9.17) is 0 Å². The summed E-state index contributed by atoms with van der Waals surface area (Å²) in [4.78, 5) is 23.4. The van der Waals surface area contributed by atoms with Crippen molar-refractivity contribution >= 4 is 65.8 Å². The molecule has 3 amide bonds. The third-order valence-electron chi connectivity index (χ3n) is 4.05. The Labute approximate surface area is 214 Å². The molecule has 3 N–H and O–H groups in total. The number of rotatable bonds is 5. The van der Waals surface area contributed by atoms with Gasteiger partial charge in [0.2, 0.25) is 0 Å². The molecule has 2 rings (SSSR count). The average molecular weight is 682 g/mol. The van der Waals surface area contributed by atoms with Crippen molar-refractivity contribution in [1.29, 1.82) is 0 Å². The zero-order chi connectivity index (χ0) is 25.7. The van der Waals surface area contributed by atoms with Crippen LogP contribution in [-0.2, 0) is 0 Å². The van der Waals surface area contributed by atoms with Crippen molar-refractivity contribution in [2.24, 2.45) is 0 Å². The second-order valence-electron chi connectivity index (χ2n) is 6.70. The highest BCUT2D eigenvalue weighted by atomic mass is 79.9. The maximum atomic E-state index is 13.6. The van der Waals surface area contributed by atoms with Crippen LogP contribution in [0.25, 0.3) is 6.08 Å². The van der Waals surface area contributed by atoms with Crippen LogP contribution in [0.1, 0.15) is 27.4 Å². The minimum absolute atomic E-state index is 0.00920. The predicted molar refractivity (Wildman–Crippen MR) is 124 cm³/mol. The van der Waals surface area contributed by atoms with E-state index >= 15 is 0 Å². The van der Waals surface area contributed by atoms with Crippen molar-refractivity contribution in [3.05, 3.63) is 72.6 Å². The van der Waals surface area contributed by atoms with Crippen molar-refractivity contribution in [2.75, 3.05) is 6.54 Å². The number of carbonyl (C=O) groups excluding carboxylic acids is 2. The first-order valence-electron chi connectivity index (χ1n) is 9.07. The Morgan fingerprint density at radius 3 is 2.06 bits per heavy atom. The van der Waals surface area contributed by atoms with E-state index in [-0.39, 0.29) is 15.6 Å². The third-order valence-corrected chi connectivity index (χ3v) is 5.63. The lowest BCUT2D eigenvalue weighted by Gasteiger charge is -2.18. The van der Waals surface area contributed by atoms with Crippen LogP contribution in [0.4, 0.5) is 31.1 Å². The molecule has 0 radical (unpaired) electrons. The van der Waals surface area contributed by atoms with Crippen LogP contribution < -0.4 is 16.2 Å². The Hall–Kier alpha value is -2.06. The van der Waals surface area contributed by atoms with Gasteiger partial charge in [-0.1, -0.05) is 50.1 Å². The van der Waals surface area contributed by atoms with Gasteiger partial charge in [0, 0.05) is 13.4 Å². The summed E-state index contributed by atoms with van der Waals surface area (Å²) in [6, 6.07) is 7.05. The molecule has 0 spiro atoms. The first-order valence-corrected chi connectivity index (χ1v) is 11.4. The van der Waals surface area contributed by atoms with Crippen LogP contribution in [0.5, 0.6) is 0 Å². The molecule has 0 heterocycles. The van der Waals surface area contributed by atoms with E-state index in [1.54, 1.807) is 11.5 Å². The lowest BCUT2D eigenvalue weighted by molar-refractivity contribution is -0.139. The van der Waals surface area contributed by atoms with E-state index in [2.05, 4.69) is 47.8 Å². The summed E-state index contributed by atoms with van der Waals surface area (Å²) >= 11 is 9.45. The fourth-order valence-corrected chi connectivity index (χ4v) is 4.50. The summed E-state index contributed by atoms with van der Waals surface area (Å²) in [5.74, 6) is -2.76. The molecule has 1 atom stereocenters. The second-order valence-corrected chi connectivity index (χ2v) is 9.38. The van der Waals surface area contributed by atoms with Crippen LogP contribution in [0, 0.1) is 0 Å². The Morgan fingerprint density at radius 1 is 0.912 bits per heavy atom. The van der Waals surface area contributed by atoms with Crippen LogP contribution in [0.15, 0.2) is 55.9 Å². The number of alkyl halides is 6. The molecule has 0 aromatic heterocycles. The number of halogens is 9. The van der Waals surface area contributed by atoms with Crippen LogP contribution in [-0.4, -0.2) is 30.8 Å². The Bertz CT molecular complexity index is 1070. The molecular weight excluding hydrogens is 668 g/mol. The van der Waals surface area contributed by atoms with E-state index in [0.29, 0.717) is 14.5 Å². The fourth-order valence-electron chi connectivity index (χ4n) is 2.60. The molecule has 0 fully saturated rings. The smallest absolute Gasteiger partial charge is 0.328 e. The number of carbonyl (C=O) groups is 2. The van der Waals surface area contributed by atoms with Crippen LogP contribution in [0.3, 0.4) is 0 Å². The van der Waals surface area contributed by atoms with Crippen molar-refractivity contribution in [1.82, 2.24) is 16.2 Å². The van der Waals surface area contributed by atoms with E-state index < -0.39 is 36.8 Å². The SMILES string of the molecule is O=C(NCC(F)(F)F)NNC(=O)c1ccc(/C=C/C(c2cc(Br)cc(Br)c2)C(F)(F)F)cc1Br. The standard InChI is InChI=1S/C20H14Br3F6N3O2/c21-12-6-11(7-13(22)8-12)15(20(27,28)29)4-2-10-1-3-14(16(23)5-10)17(33)31-32-18(34)30-9-19(24,25)26/h1-8,15H,9H2,(H,31,33)(H2,30,32,34)/b4-2+. The molecule has 0 saturated carbocycles. The van der Waals surface area contributed by atoms with E-state index in [1.165, 1.54) is 41.7 Å². The first-order chi connectivity index (χ1) is 15.7. The number of nitrogens with one attached hydrogen (secondary N) is 3. The topological polar surface area (TPSA) is 70.2 Å². The van der Waals surface area contributed by atoms with Gasteiger partial charge in [-0.3, -0.25) is 10.2 Å². The summed E-state index contributed by atoms with van der Waals surface area (Å²) in [7, 11) is 0. The monoisotopic (exact) mass is 679 g/mol. The van der Waals surface area contributed by atoms with Gasteiger partial charge in [-0.25, -0.2) is 10.2 Å². The number of amides is 3. The Balaban J connectivity index is 2.12. The molecular formula is C20H14Br3F6N3O2. The van der Waals surface area contributed by atoms with Gasteiger partial charge in [0.25, 0.3) is 5.91 Å². The first kappa shape index (κ1) is 28.2. The normalized spacial score (nSPS) is 13.0. The van der Waals surface area contributed by atoms with Gasteiger partial charge in [-0.05, 0) is 57.4 Å². The van der Waals surface area contributed by atoms with E-state index in [0.717, 1.165) is 6.08 Å². The van der Waals surface area contributed by atoms with Gasteiger partial charge in [-0.15, -0.1) is 0 Å². The number of allylic oxidation sites excluding steroid dienone is 1. The summed E-state index contributed by atoms with van der Waals surface area (Å²) in [5.41, 5.74) is 4.01. The summed E-state index contributed by atoms with van der Waals surface area (Å²) < 4.78 is 78.3. The van der Waals surface area contributed by atoms with Gasteiger partial charge in [0.05, 0.1) is 11.5 Å². The van der Waals surface area contributed by atoms with E-state index in [9.17, 15) is 35.9 Å². The highest BCUT2D eigenvalue weighted by molar-refractivity contribution is 9.11. The quantitative estimate of drug-likeness (QED) is 0.239. The van der Waals surface area contributed by atoms with Gasteiger partial charge in [0.15, 0.2) is 0 Å². The number of urea groups is 1. The van der Waals surface area contributed by atoms with Crippen molar-refractivity contribution in [2.45, 2.75) is 18.3 Å². The van der Waals surface area contributed by atoms with Gasteiger partial charge < -0.3 is 5.32 Å². The Kier molecular flexibility index (Phi) is 9.60.